The van der Waals surface area contributed by atoms with Gasteiger partial charge < -0.3 is 19.3 Å². The number of fused-ring (bicyclic) bond motifs is 3. The van der Waals surface area contributed by atoms with Crippen molar-refractivity contribution >= 4 is 23.7 Å². The molecule has 2 aliphatic carbocycles. The van der Waals surface area contributed by atoms with Crippen molar-refractivity contribution in [1.29, 1.82) is 0 Å². The van der Waals surface area contributed by atoms with E-state index in [-0.39, 0.29) is 42.5 Å². The summed E-state index contributed by atoms with van der Waals surface area (Å²) in [7, 11) is 0. The molecule has 8 heteroatoms. The van der Waals surface area contributed by atoms with Crippen LogP contribution in [0.3, 0.4) is 0 Å². The van der Waals surface area contributed by atoms with Gasteiger partial charge in [0, 0.05) is 17.0 Å². The monoisotopic (exact) mass is 459 g/mol. The van der Waals surface area contributed by atoms with Gasteiger partial charge in [-0.2, -0.15) is 0 Å². The summed E-state index contributed by atoms with van der Waals surface area (Å²) in [6, 6.07) is 6.49. The quantitative estimate of drug-likeness (QED) is 0.507. The lowest BCUT2D eigenvalue weighted by atomic mass is 9.46. The summed E-state index contributed by atoms with van der Waals surface area (Å²) in [5, 5.41) is 13.2. The number of hydrogen-bond donors (Lipinski definition) is 2. The van der Waals surface area contributed by atoms with Gasteiger partial charge in [-0.1, -0.05) is 19.9 Å². The van der Waals surface area contributed by atoms with Crippen LogP contribution in [0.1, 0.15) is 63.2 Å². The summed E-state index contributed by atoms with van der Waals surface area (Å²) in [5.41, 5.74) is -0.0164. The zero-order valence-corrected chi connectivity index (χ0v) is 19.5. The lowest BCUT2D eigenvalue weighted by Crippen LogP contribution is -2.59. The summed E-state index contributed by atoms with van der Waals surface area (Å²) in [5.74, 6) is -0.362. The standard InChI is InChI=1S/C25H33NO7/c1-4-31-22(29)15-6-5-7-16(12-15)26-23(30)33-20-10-11-24(2)17-13-21(28)32-18(17)8-9-19(24)25(20,3)14-27/h5-7,12,17-20,27H,4,8-11,13-14H2,1-3H3,(H,26,30)/t17-,18-,19-,20-,24+,25+/m1/s1. The molecule has 3 fully saturated rings. The molecule has 180 valence electrons. The molecular weight excluding hydrogens is 426 g/mol. The van der Waals surface area contributed by atoms with Crippen molar-refractivity contribution in [1.82, 2.24) is 0 Å². The van der Waals surface area contributed by atoms with Crippen molar-refractivity contribution in [2.24, 2.45) is 22.7 Å². The van der Waals surface area contributed by atoms with E-state index in [0.717, 1.165) is 19.3 Å². The zero-order valence-electron chi connectivity index (χ0n) is 19.5. The third-order valence-electron chi connectivity index (χ3n) is 8.19. The van der Waals surface area contributed by atoms with E-state index in [0.29, 0.717) is 24.1 Å². The van der Waals surface area contributed by atoms with Crippen molar-refractivity contribution < 1.29 is 33.7 Å². The molecule has 3 aliphatic rings. The van der Waals surface area contributed by atoms with Crippen LogP contribution in [-0.2, 0) is 19.0 Å². The fourth-order valence-electron chi connectivity index (χ4n) is 6.51. The summed E-state index contributed by atoms with van der Waals surface area (Å²) < 4.78 is 16.4. The molecule has 0 radical (unpaired) electrons. The van der Waals surface area contributed by atoms with Crippen LogP contribution in [0, 0.1) is 22.7 Å². The van der Waals surface area contributed by atoms with Gasteiger partial charge in [-0.3, -0.25) is 10.1 Å². The highest BCUT2D eigenvalue weighted by Gasteiger charge is 2.62. The molecule has 0 bridgehead atoms. The second-order valence-corrected chi connectivity index (χ2v) is 10.00. The molecule has 33 heavy (non-hydrogen) atoms. The molecule has 0 aromatic heterocycles. The van der Waals surface area contributed by atoms with Crippen LogP contribution in [0.25, 0.3) is 0 Å². The van der Waals surface area contributed by atoms with Gasteiger partial charge >= 0.3 is 18.0 Å². The molecule has 4 rings (SSSR count). The van der Waals surface area contributed by atoms with E-state index in [1.165, 1.54) is 0 Å². The number of esters is 2. The number of carbonyl (C=O) groups is 3. The fourth-order valence-corrected chi connectivity index (χ4v) is 6.51. The Balaban J connectivity index is 1.47. The van der Waals surface area contributed by atoms with E-state index in [4.69, 9.17) is 14.2 Å². The van der Waals surface area contributed by atoms with Crippen LogP contribution < -0.4 is 5.32 Å². The van der Waals surface area contributed by atoms with Gasteiger partial charge in [0.2, 0.25) is 0 Å². The van der Waals surface area contributed by atoms with Crippen LogP contribution >= 0.6 is 0 Å². The Bertz CT molecular complexity index is 933. The molecule has 1 aromatic carbocycles. The topological polar surface area (TPSA) is 111 Å². The van der Waals surface area contributed by atoms with Crippen LogP contribution in [0.15, 0.2) is 24.3 Å². The molecule has 1 heterocycles. The van der Waals surface area contributed by atoms with Gasteiger partial charge in [0.05, 0.1) is 25.2 Å². The third-order valence-corrected chi connectivity index (χ3v) is 8.19. The van der Waals surface area contributed by atoms with E-state index in [2.05, 4.69) is 12.2 Å². The van der Waals surface area contributed by atoms with Crippen molar-refractivity contribution in [3.05, 3.63) is 29.8 Å². The number of amides is 1. The second-order valence-electron chi connectivity index (χ2n) is 10.00. The van der Waals surface area contributed by atoms with E-state index >= 15 is 0 Å². The van der Waals surface area contributed by atoms with E-state index < -0.39 is 23.6 Å². The molecule has 2 saturated carbocycles. The van der Waals surface area contributed by atoms with Gasteiger partial charge in [-0.05, 0) is 62.1 Å². The molecule has 0 spiro atoms. The first kappa shape index (κ1) is 23.5. The molecular formula is C25H33NO7. The number of rotatable bonds is 5. The molecule has 1 saturated heterocycles. The molecule has 8 nitrogen and oxygen atoms in total. The number of hydrogen-bond acceptors (Lipinski definition) is 7. The number of anilines is 1. The van der Waals surface area contributed by atoms with Crippen molar-refractivity contribution in [3.8, 4) is 0 Å². The Labute approximate surface area is 194 Å². The van der Waals surface area contributed by atoms with E-state index in [9.17, 15) is 19.5 Å². The van der Waals surface area contributed by atoms with Crippen molar-refractivity contribution in [2.75, 3.05) is 18.5 Å². The number of aliphatic hydroxyl groups is 1. The van der Waals surface area contributed by atoms with Crippen molar-refractivity contribution in [3.63, 3.8) is 0 Å². The average molecular weight is 460 g/mol. The maximum absolute atomic E-state index is 12.8. The Hall–Kier alpha value is -2.61. The highest BCUT2D eigenvalue weighted by molar-refractivity contribution is 5.92. The molecule has 1 aromatic rings. The second kappa shape index (κ2) is 8.97. The third kappa shape index (κ3) is 4.21. The highest BCUT2D eigenvalue weighted by Crippen LogP contribution is 2.62. The Kier molecular flexibility index (Phi) is 6.40. The zero-order chi connectivity index (χ0) is 23.8. The van der Waals surface area contributed by atoms with Crippen LogP contribution in [0.4, 0.5) is 10.5 Å². The highest BCUT2D eigenvalue weighted by atomic mass is 16.6. The first-order valence-corrected chi connectivity index (χ1v) is 11.8. The lowest BCUT2D eigenvalue weighted by molar-refractivity contribution is -0.174. The predicted molar refractivity (Wildman–Crippen MR) is 120 cm³/mol. The Morgan fingerprint density at radius 1 is 1.24 bits per heavy atom. The van der Waals surface area contributed by atoms with Gasteiger partial charge in [-0.15, -0.1) is 0 Å². The van der Waals surface area contributed by atoms with Crippen LogP contribution in [-0.4, -0.2) is 48.6 Å². The van der Waals surface area contributed by atoms with Crippen LogP contribution in [0.5, 0.6) is 0 Å². The van der Waals surface area contributed by atoms with Gasteiger partial charge in [0.1, 0.15) is 12.2 Å². The van der Waals surface area contributed by atoms with Gasteiger partial charge in [0.25, 0.3) is 0 Å². The normalized spacial score (nSPS) is 35.1. The Morgan fingerprint density at radius 3 is 2.76 bits per heavy atom. The maximum atomic E-state index is 12.8. The molecule has 2 N–H and O–H groups in total. The number of benzene rings is 1. The van der Waals surface area contributed by atoms with Crippen LogP contribution in [0.2, 0.25) is 0 Å². The van der Waals surface area contributed by atoms with E-state index in [1.807, 2.05) is 6.92 Å². The minimum Gasteiger partial charge on any atom is -0.462 e. The van der Waals surface area contributed by atoms with Crippen molar-refractivity contribution in [2.45, 2.75) is 65.1 Å². The fraction of sp³-hybridized carbons (Fsp3) is 0.640. The smallest absolute Gasteiger partial charge is 0.411 e. The minimum atomic E-state index is -0.631. The average Bonchev–Trinajstić information content (AvgIpc) is 3.18. The maximum Gasteiger partial charge on any atom is 0.411 e. The summed E-state index contributed by atoms with van der Waals surface area (Å²) in [6.07, 6.45) is 2.24. The first-order valence-electron chi connectivity index (χ1n) is 11.8. The summed E-state index contributed by atoms with van der Waals surface area (Å²) in [4.78, 5) is 36.7. The number of ether oxygens (including phenoxy) is 3. The minimum absolute atomic E-state index is 0.0471. The largest absolute Gasteiger partial charge is 0.462 e. The SMILES string of the molecule is CCOC(=O)c1cccc(NC(=O)O[C@@H]2CC[C@]3(C)[C@@H](CC[C@H]4OC(=O)C[C@H]43)[C@]2(C)CO)c1. The number of aliphatic hydroxyl groups excluding tert-OH is 1. The first-order chi connectivity index (χ1) is 15.7. The van der Waals surface area contributed by atoms with Gasteiger partial charge in [0.15, 0.2) is 0 Å². The number of carbonyl (C=O) groups excluding carboxylic acids is 3. The number of nitrogens with one attached hydrogen (secondary N) is 1. The molecule has 0 unspecified atom stereocenters. The molecule has 1 amide bonds. The van der Waals surface area contributed by atoms with E-state index in [1.54, 1.807) is 31.2 Å². The summed E-state index contributed by atoms with van der Waals surface area (Å²) >= 11 is 0. The molecule has 1 aliphatic heterocycles. The Morgan fingerprint density at radius 2 is 2.03 bits per heavy atom. The summed E-state index contributed by atoms with van der Waals surface area (Å²) in [6.45, 7) is 6.06. The lowest BCUT2D eigenvalue weighted by Gasteiger charge is -2.59. The van der Waals surface area contributed by atoms with Gasteiger partial charge in [-0.25, -0.2) is 9.59 Å². The molecule has 6 atom stereocenters. The predicted octanol–water partition coefficient (Wildman–Crippen LogP) is 3.92.